The molecule has 1 atom stereocenters. The molecule has 2 heterocycles. The minimum Gasteiger partial charge on any atom is -0.384 e. The number of Topliss-reactive ketones (excluding diaryl/α,β-unsaturated/α-hetero) is 1. The van der Waals surface area contributed by atoms with Gasteiger partial charge in [0.1, 0.15) is 23.1 Å². The highest BCUT2D eigenvalue weighted by molar-refractivity contribution is 6.20. The molecule has 7 heteroatoms. The number of carbonyl (C=O) groups is 2. The van der Waals surface area contributed by atoms with E-state index in [2.05, 4.69) is 11.4 Å². The number of para-hydroxylation sites is 1. The standard InChI is InChI=1S/C25H21FN4O2/c1-24(2)11-19-21(20(31)12-24)25(16-5-3-4-6-18(16)29-23(25)32)17(13-27)22(28)30(19)15-9-7-14(26)8-10-15/h3-10H,11-12,28H2,1-2H3,(H,29,32). The first-order valence-corrected chi connectivity index (χ1v) is 10.3. The Labute approximate surface area is 184 Å². The number of carbonyl (C=O) groups excluding carboxylic acids is 2. The number of nitrogens with zero attached hydrogens (tertiary/aromatic N) is 2. The molecule has 0 saturated heterocycles. The first-order valence-electron chi connectivity index (χ1n) is 10.3. The van der Waals surface area contributed by atoms with E-state index in [0.717, 1.165) is 0 Å². The summed E-state index contributed by atoms with van der Waals surface area (Å²) in [6, 6.07) is 14.9. The quantitative estimate of drug-likeness (QED) is 0.718. The van der Waals surface area contributed by atoms with Gasteiger partial charge in [-0.1, -0.05) is 32.0 Å². The molecule has 1 aliphatic carbocycles. The van der Waals surface area contributed by atoms with Crippen molar-refractivity contribution in [2.75, 3.05) is 10.2 Å². The zero-order valence-electron chi connectivity index (χ0n) is 17.7. The van der Waals surface area contributed by atoms with Crippen LogP contribution in [0.2, 0.25) is 0 Å². The van der Waals surface area contributed by atoms with Crippen LogP contribution in [0.4, 0.5) is 15.8 Å². The molecule has 2 aromatic carbocycles. The SMILES string of the molecule is CC1(C)CC(=O)C2=C(C1)N(c1ccc(F)cc1)C(N)=C(C#N)C21C(=O)Nc2ccccc21. The van der Waals surface area contributed by atoms with Gasteiger partial charge in [0, 0.05) is 34.6 Å². The second kappa shape index (κ2) is 6.54. The average molecular weight is 428 g/mol. The average Bonchev–Trinajstić information content (AvgIpc) is 3.01. The van der Waals surface area contributed by atoms with Gasteiger partial charge in [0.2, 0.25) is 5.91 Å². The maximum Gasteiger partial charge on any atom is 0.245 e. The van der Waals surface area contributed by atoms with Crippen LogP contribution in [0, 0.1) is 22.6 Å². The van der Waals surface area contributed by atoms with Crippen molar-refractivity contribution in [3.05, 3.63) is 82.6 Å². The smallest absolute Gasteiger partial charge is 0.245 e. The molecule has 5 rings (SSSR count). The van der Waals surface area contributed by atoms with Crippen LogP contribution in [0.1, 0.15) is 32.3 Å². The summed E-state index contributed by atoms with van der Waals surface area (Å²) in [5.41, 5.74) is 7.06. The summed E-state index contributed by atoms with van der Waals surface area (Å²) in [4.78, 5) is 28.9. The highest BCUT2D eigenvalue weighted by Gasteiger charge is 2.61. The van der Waals surface area contributed by atoms with Crippen molar-refractivity contribution >= 4 is 23.1 Å². The Morgan fingerprint density at radius 3 is 2.47 bits per heavy atom. The van der Waals surface area contributed by atoms with Crippen LogP contribution in [-0.2, 0) is 15.0 Å². The number of benzene rings is 2. The van der Waals surface area contributed by atoms with Gasteiger partial charge in [0.05, 0.1) is 5.57 Å². The van der Waals surface area contributed by atoms with Crippen molar-refractivity contribution in [3.8, 4) is 6.07 Å². The molecule has 0 bridgehead atoms. The number of amides is 1. The van der Waals surface area contributed by atoms with Gasteiger partial charge in [-0.3, -0.25) is 14.5 Å². The summed E-state index contributed by atoms with van der Waals surface area (Å²) in [7, 11) is 0. The van der Waals surface area contributed by atoms with Crippen molar-refractivity contribution in [2.45, 2.75) is 32.1 Å². The Kier molecular flexibility index (Phi) is 4.09. The number of ketones is 1. The van der Waals surface area contributed by atoms with Gasteiger partial charge in [-0.05, 0) is 42.2 Å². The molecule has 32 heavy (non-hydrogen) atoms. The zero-order valence-corrected chi connectivity index (χ0v) is 17.7. The third kappa shape index (κ3) is 2.50. The number of rotatable bonds is 1. The minimum absolute atomic E-state index is 0.00363. The van der Waals surface area contributed by atoms with Gasteiger partial charge < -0.3 is 11.1 Å². The fraction of sp³-hybridized carbons (Fsp3) is 0.240. The third-order valence-corrected chi connectivity index (χ3v) is 6.49. The lowest BCUT2D eigenvalue weighted by molar-refractivity contribution is -0.123. The summed E-state index contributed by atoms with van der Waals surface area (Å²) < 4.78 is 13.6. The third-order valence-electron chi connectivity index (χ3n) is 6.49. The molecule has 160 valence electrons. The van der Waals surface area contributed by atoms with E-state index in [1.54, 1.807) is 41.3 Å². The first-order chi connectivity index (χ1) is 15.2. The number of hydrogen-bond donors (Lipinski definition) is 2. The lowest BCUT2D eigenvalue weighted by Gasteiger charge is -2.46. The molecule has 1 unspecified atom stereocenters. The van der Waals surface area contributed by atoms with Gasteiger partial charge in [0.25, 0.3) is 0 Å². The van der Waals surface area contributed by atoms with Crippen molar-refractivity contribution in [3.63, 3.8) is 0 Å². The van der Waals surface area contributed by atoms with Gasteiger partial charge in [0.15, 0.2) is 5.78 Å². The van der Waals surface area contributed by atoms with E-state index < -0.39 is 17.1 Å². The fourth-order valence-electron chi connectivity index (χ4n) is 5.26. The van der Waals surface area contributed by atoms with Crippen LogP contribution in [0.25, 0.3) is 0 Å². The summed E-state index contributed by atoms with van der Waals surface area (Å²) in [5.74, 6) is -1.01. The Bertz CT molecular complexity index is 1300. The van der Waals surface area contributed by atoms with Crippen LogP contribution in [0.3, 0.4) is 0 Å². The molecule has 3 aliphatic rings. The van der Waals surface area contributed by atoms with Crippen molar-refractivity contribution in [1.82, 2.24) is 0 Å². The maximum absolute atomic E-state index is 13.7. The Morgan fingerprint density at radius 2 is 1.78 bits per heavy atom. The van der Waals surface area contributed by atoms with E-state index in [4.69, 9.17) is 5.73 Å². The zero-order chi connectivity index (χ0) is 22.8. The minimum atomic E-state index is -1.60. The lowest BCUT2D eigenvalue weighted by Crippen LogP contribution is -2.52. The largest absolute Gasteiger partial charge is 0.384 e. The molecule has 2 aromatic rings. The van der Waals surface area contributed by atoms with Crippen LogP contribution in [0.5, 0.6) is 0 Å². The number of nitrogens with one attached hydrogen (secondary N) is 1. The molecule has 3 N–H and O–H groups in total. The Balaban J connectivity index is 1.89. The predicted octanol–water partition coefficient (Wildman–Crippen LogP) is 3.87. The number of nitriles is 1. The number of hydrogen-bond acceptors (Lipinski definition) is 5. The summed E-state index contributed by atoms with van der Waals surface area (Å²) in [6.45, 7) is 3.96. The van der Waals surface area contributed by atoms with Gasteiger partial charge in [-0.2, -0.15) is 5.26 Å². The van der Waals surface area contributed by atoms with Crippen LogP contribution in [0.15, 0.2) is 71.2 Å². The number of fused-ring (bicyclic) bond motifs is 3. The number of nitrogens with two attached hydrogens (primary N) is 1. The van der Waals surface area contributed by atoms with Gasteiger partial charge in [-0.25, -0.2) is 4.39 Å². The summed E-state index contributed by atoms with van der Waals surface area (Å²) in [6.07, 6.45) is 0.695. The Hall–Kier alpha value is -3.92. The molecule has 1 amide bonds. The van der Waals surface area contributed by atoms with E-state index in [1.807, 2.05) is 13.8 Å². The first kappa shape index (κ1) is 20.0. The number of allylic oxidation sites excluding steroid dienone is 1. The fourth-order valence-corrected chi connectivity index (χ4v) is 5.26. The molecule has 0 fully saturated rings. The van der Waals surface area contributed by atoms with Gasteiger partial charge in [-0.15, -0.1) is 0 Å². The van der Waals surface area contributed by atoms with E-state index in [0.29, 0.717) is 29.1 Å². The monoisotopic (exact) mass is 428 g/mol. The number of anilines is 2. The van der Waals surface area contributed by atoms with Crippen LogP contribution in [-0.4, -0.2) is 11.7 Å². The second-order valence-corrected chi connectivity index (χ2v) is 9.20. The molecule has 0 aromatic heterocycles. The number of halogens is 1. The van der Waals surface area contributed by atoms with Crippen molar-refractivity contribution in [2.24, 2.45) is 11.1 Å². The van der Waals surface area contributed by atoms with E-state index in [1.165, 1.54) is 12.1 Å². The van der Waals surface area contributed by atoms with Crippen molar-refractivity contribution in [1.29, 1.82) is 5.26 Å². The molecular formula is C25H21FN4O2. The second-order valence-electron chi connectivity index (χ2n) is 9.20. The highest BCUT2D eigenvalue weighted by atomic mass is 19.1. The van der Waals surface area contributed by atoms with E-state index >= 15 is 0 Å². The summed E-state index contributed by atoms with van der Waals surface area (Å²) >= 11 is 0. The molecule has 0 radical (unpaired) electrons. The van der Waals surface area contributed by atoms with Crippen LogP contribution >= 0.6 is 0 Å². The van der Waals surface area contributed by atoms with E-state index in [9.17, 15) is 19.2 Å². The Morgan fingerprint density at radius 1 is 1.09 bits per heavy atom. The van der Waals surface area contributed by atoms with Gasteiger partial charge >= 0.3 is 0 Å². The van der Waals surface area contributed by atoms with E-state index in [-0.39, 0.29) is 34.6 Å². The molecule has 2 aliphatic heterocycles. The lowest BCUT2D eigenvalue weighted by atomic mass is 9.61. The summed E-state index contributed by atoms with van der Waals surface area (Å²) in [5, 5.41) is 13.1. The molecule has 0 saturated carbocycles. The predicted molar refractivity (Wildman–Crippen MR) is 118 cm³/mol. The molecular weight excluding hydrogens is 407 g/mol. The normalized spacial score (nSPS) is 23.8. The molecule has 6 nitrogen and oxygen atoms in total. The van der Waals surface area contributed by atoms with Crippen LogP contribution < -0.4 is 16.0 Å². The molecule has 1 spiro atoms. The highest BCUT2D eigenvalue weighted by Crippen LogP contribution is 2.56. The van der Waals surface area contributed by atoms with Crippen molar-refractivity contribution < 1.29 is 14.0 Å². The maximum atomic E-state index is 13.7. The topological polar surface area (TPSA) is 99.2 Å².